The van der Waals surface area contributed by atoms with Crippen LogP contribution in [-0.2, 0) is 18.3 Å². The summed E-state index contributed by atoms with van der Waals surface area (Å²) in [6.45, 7) is 0.981. The second kappa shape index (κ2) is 8.24. The molecule has 3 aromatic rings. The van der Waals surface area contributed by atoms with Crippen molar-refractivity contribution in [3.63, 3.8) is 0 Å². The molecule has 29 heavy (non-hydrogen) atoms. The number of amides is 1. The van der Waals surface area contributed by atoms with Gasteiger partial charge in [-0.25, -0.2) is 9.37 Å². The van der Waals surface area contributed by atoms with E-state index in [0.717, 1.165) is 15.6 Å². The highest BCUT2D eigenvalue weighted by atomic mass is 79.9. The van der Waals surface area contributed by atoms with Gasteiger partial charge in [-0.2, -0.15) is 0 Å². The number of benzene rings is 2. The van der Waals surface area contributed by atoms with Crippen molar-refractivity contribution in [3.05, 3.63) is 76.0 Å². The van der Waals surface area contributed by atoms with Crippen molar-refractivity contribution in [1.29, 1.82) is 0 Å². The summed E-state index contributed by atoms with van der Waals surface area (Å²) in [7, 11) is 1.85. The largest absolute Gasteiger partial charge is 0.486 e. The van der Waals surface area contributed by atoms with Gasteiger partial charge in [0.2, 0.25) is 5.91 Å². The molecule has 0 spiro atoms. The Balaban J connectivity index is 1.57. The van der Waals surface area contributed by atoms with Gasteiger partial charge in [0.05, 0.1) is 6.42 Å². The molecule has 1 aliphatic heterocycles. The number of hydrogen-bond donors (Lipinski definition) is 1. The predicted molar refractivity (Wildman–Crippen MR) is 108 cm³/mol. The van der Waals surface area contributed by atoms with E-state index in [9.17, 15) is 9.18 Å². The molecule has 150 valence electrons. The molecule has 6 nitrogen and oxygen atoms in total. The normalized spacial score (nSPS) is 13.8. The summed E-state index contributed by atoms with van der Waals surface area (Å²) in [6, 6.07) is 9.16. The van der Waals surface area contributed by atoms with Crippen molar-refractivity contribution in [2.24, 2.45) is 7.05 Å². The van der Waals surface area contributed by atoms with Crippen LogP contribution in [0.3, 0.4) is 0 Å². The van der Waals surface area contributed by atoms with Crippen LogP contribution in [-0.4, -0.2) is 28.7 Å². The number of fused-ring (bicyclic) bond motifs is 1. The lowest BCUT2D eigenvalue weighted by Gasteiger charge is -2.21. The van der Waals surface area contributed by atoms with Crippen LogP contribution < -0.4 is 14.8 Å². The first-order chi connectivity index (χ1) is 14.0. The second-order valence-electron chi connectivity index (χ2n) is 6.71. The summed E-state index contributed by atoms with van der Waals surface area (Å²) in [6.07, 6.45) is 3.60. The number of imidazole rings is 1. The van der Waals surface area contributed by atoms with E-state index in [-0.39, 0.29) is 18.1 Å². The molecule has 0 aliphatic carbocycles. The van der Waals surface area contributed by atoms with E-state index >= 15 is 0 Å². The van der Waals surface area contributed by atoms with Gasteiger partial charge in [0.15, 0.2) is 11.5 Å². The van der Waals surface area contributed by atoms with Gasteiger partial charge in [0.1, 0.15) is 30.9 Å². The molecule has 2 aromatic carbocycles. The number of nitrogens with zero attached hydrogens (tertiary/aromatic N) is 2. The summed E-state index contributed by atoms with van der Waals surface area (Å²) in [5, 5.41) is 3.01. The van der Waals surface area contributed by atoms with E-state index in [2.05, 4.69) is 26.2 Å². The average Bonchev–Trinajstić information content (AvgIpc) is 3.13. The number of aromatic nitrogens is 2. The standard InChI is InChI=1S/C21H19BrFN3O3/c1-26-7-6-24-21(26)20(13-2-4-15(23)5-3-13)25-19(27)11-14-10-17-18(12-16(14)22)29-9-8-28-17/h2-7,10,12,20H,8-9,11H2,1H3,(H,25,27). The maximum atomic E-state index is 13.4. The lowest BCUT2D eigenvalue weighted by Crippen LogP contribution is -2.32. The monoisotopic (exact) mass is 459 g/mol. The Morgan fingerprint density at radius 3 is 2.59 bits per heavy atom. The van der Waals surface area contributed by atoms with Crippen molar-refractivity contribution in [2.45, 2.75) is 12.5 Å². The number of carbonyl (C=O) groups is 1. The first-order valence-corrected chi connectivity index (χ1v) is 9.90. The van der Waals surface area contributed by atoms with Crippen LogP contribution in [0.1, 0.15) is 23.0 Å². The second-order valence-corrected chi connectivity index (χ2v) is 7.57. The highest BCUT2D eigenvalue weighted by Crippen LogP contribution is 2.35. The van der Waals surface area contributed by atoms with Crippen molar-refractivity contribution >= 4 is 21.8 Å². The molecule has 0 saturated carbocycles. The van der Waals surface area contributed by atoms with Crippen LogP contribution in [0.4, 0.5) is 4.39 Å². The molecule has 1 aromatic heterocycles. The number of aryl methyl sites for hydroxylation is 1. The van der Waals surface area contributed by atoms with Crippen LogP contribution in [0.15, 0.2) is 53.3 Å². The molecule has 1 amide bonds. The van der Waals surface area contributed by atoms with E-state index < -0.39 is 6.04 Å². The third-order valence-electron chi connectivity index (χ3n) is 4.69. The zero-order valence-electron chi connectivity index (χ0n) is 15.7. The topological polar surface area (TPSA) is 65.4 Å². The molecule has 0 saturated heterocycles. The minimum atomic E-state index is -0.501. The minimum Gasteiger partial charge on any atom is -0.486 e. The highest BCUT2D eigenvalue weighted by Gasteiger charge is 2.22. The maximum absolute atomic E-state index is 13.4. The van der Waals surface area contributed by atoms with Crippen LogP contribution in [0, 0.1) is 5.82 Å². The van der Waals surface area contributed by atoms with E-state index in [1.54, 1.807) is 24.5 Å². The number of nitrogens with one attached hydrogen (secondary N) is 1. The zero-order valence-corrected chi connectivity index (χ0v) is 17.3. The van der Waals surface area contributed by atoms with Crippen LogP contribution in [0.2, 0.25) is 0 Å². The van der Waals surface area contributed by atoms with E-state index in [4.69, 9.17) is 9.47 Å². The van der Waals surface area contributed by atoms with Gasteiger partial charge in [-0.15, -0.1) is 0 Å². The van der Waals surface area contributed by atoms with Crippen LogP contribution in [0.25, 0.3) is 0 Å². The molecule has 0 bridgehead atoms. The SMILES string of the molecule is Cn1ccnc1C(NC(=O)Cc1cc2c(cc1Br)OCCO2)c1ccc(F)cc1. The maximum Gasteiger partial charge on any atom is 0.225 e. The molecule has 2 heterocycles. The fourth-order valence-corrected chi connectivity index (χ4v) is 3.70. The molecule has 0 radical (unpaired) electrons. The van der Waals surface area contributed by atoms with Crippen LogP contribution in [0.5, 0.6) is 11.5 Å². The average molecular weight is 460 g/mol. The number of carbonyl (C=O) groups excluding carboxylic acids is 1. The van der Waals surface area contributed by atoms with Crippen molar-refractivity contribution in [3.8, 4) is 11.5 Å². The Hall–Kier alpha value is -2.87. The third-order valence-corrected chi connectivity index (χ3v) is 5.43. The lowest BCUT2D eigenvalue weighted by atomic mass is 10.0. The van der Waals surface area contributed by atoms with E-state index in [0.29, 0.717) is 30.5 Å². The molecule has 1 aliphatic rings. The summed E-state index contributed by atoms with van der Waals surface area (Å²) in [4.78, 5) is 17.2. The van der Waals surface area contributed by atoms with E-state index in [1.165, 1.54) is 12.1 Å². The van der Waals surface area contributed by atoms with Gasteiger partial charge in [-0.3, -0.25) is 4.79 Å². The Morgan fingerprint density at radius 1 is 1.24 bits per heavy atom. The third kappa shape index (κ3) is 4.27. The zero-order chi connectivity index (χ0) is 20.4. The minimum absolute atomic E-state index is 0.138. The highest BCUT2D eigenvalue weighted by molar-refractivity contribution is 9.10. The van der Waals surface area contributed by atoms with Gasteiger partial charge in [0.25, 0.3) is 0 Å². The van der Waals surface area contributed by atoms with Gasteiger partial charge in [-0.05, 0) is 35.4 Å². The fraction of sp³-hybridized carbons (Fsp3) is 0.238. The summed E-state index contributed by atoms with van der Waals surface area (Å²) in [5.41, 5.74) is 1.53. The Kier molecular flexibility index (Phi) is 5.53. The molecule has 8 heteroatoms. The molecular formula is C21H19BrFN3O3. The lowest BCUT2D eigenvalue weighted by molar-refractivity contribution is -0.121. The molecule has 4 rings (SSSR count). The van der Waals surface area contributed by atoms with Gasteiger partial charge in [-0.1, -0.05) is 28.1 Å². The first-order valence-electron chi connectivity index (χ1n) is 9.11. The smallest absolute Gasteiger partial charge is 0.225 e. The van der Waals surface area contributed by atoms with Gasteiger partial charge < -0.3 is 19.4 Å². The summed E-state index contributed by atoms with van der Waals surface area (Å²) >= 11 is 3.50. The fourth-order valence-electron chi connectivity index (χ4n) is 3.23. The Labute approximate surface area is 175 Å². The quantitative estimate of drug-likeness (QED) is 0.633. The number of rotatable bonds is 5. The first kappa shape index (κ1) is 19.4. The molecule has 0 fully saturated rings. The van der Waals surface area contributed by atoms with Crippen LogP contribution >= 0.6 is 15.9 Å². The number of hydrogen-bond acceptors (Lipinski definition) is 4. The van der Waals surface area contributed by atoms with Crippen molar-refractivity contribution in [2.75, 3.05) is 13.2 Å². The molecule has 1 atom stereocenters. The number of halogens is 2. The van der Waals surface area contributed by atoms with Gasteiger partial charge >= 0.3 is 0 Å². The van der Waals surface area contributed by atoms with Gasteiger partial charge in [0, 0.05) is 23.9 Å². The molecular weight excluding hydrogens is 441 g/mol. The van der Waals surface area contributed by atoms with Crippen molar-refractivity contribution < 1.29 is 18.7 Å². The number of ether oxygens (including phenoxy) is 2. The van der Waals surface area contributed by atoms with Crippen molar-refractivity contribution in [1.82, 2.24) is 14.9 Å². The Morgan fingerprint density at radius 2 is 1.93 bits per heavy atom. The Bertz CT molecular complexity index is 1040. The van der Waals surface area contributed by atoms with E-state index in [1.807, 2.05) is 23.7 Å². The predicted octanol–water partition coefficient (Wildman–Crippen LogP) is 3.54. The summed E-state index contributed by atoms with van der Waals surface area (Å²) in [5.74, 6) is 1.41. The molecule has 1 N–H and O–H groups in total. The summed E-state index contributed by atoms with van der Waals surface area (Å²) < 4.78 is 27.1. The molecule has 1 unspecified atom stereocenters.